The third kappa shape index (κ3) is 4.37. The molecule has 1 N–H and O–H groups in total. The molecule has 5 heteroatoms. The van der Waals surface area contributed by atoms with E-state index >= 15 is 0 Å². The Labute approximate surface area is 132 Å². The monoisotopic (exact) mass is 306 g/mol. The number of likely N-dealkylation sites (N-methyl/N-ethyl adjacent to an activating group) is 1. The number of para-hydroxylation sites is 2. The summed E-state index contributed by atoms with van der Waals surface area (Å²) in [7, 11) is 1.98. The smallest absolute Gasteiger partial charge is 0.237 e. The van der Waals surface area contributed by atoms with E-state index in [4.69, 9.17) is 9.47 Å². The van der Waals surface area contributed by atoms with Crippen molar-refractivity contribution in [2.45, 2.75) is 38.8 Å². The van der Waals surface area contributed by atoms with Crippen LogP contribution < -0.4 is 14.8 Å². The van der Waals surface area contributed by atoms with E-state index in [-0.39, 0.29) is 18.1 Å². The summed E-state index contributed by atoms with van der Waals surface area (Å²) in [6.45, 7) is 5.92. The van der Waals surface area contributed by atoms with Gasteiger partial charge in [0, 0.05) is 0 Å². The first-order valence-electron chi connectivity index (χ1n) is 7.98. The fourth-order valence-electron chi connectivity index (χ4n) is 2.33. The highest BCUT2D eigenvalue weighted by Gasteiger charge is 2.23. The van der Waals surface area contributed by atoms with E-state index < -0.39 is 0 Å². The van der Waals surface area contributed by atoms with Crippen LogP contribution >= 0.6 is 0 Å². The Kier molecular flexibility index (Phi) is 6.07. The second-order valence-electron chi connectivity index (χ2n) is 5.75. The van der Waals surface area contributed by atoms with Crippen molar-refractivity contribution in [3.8, 4) is 11.5 Å². The van der Waals surface area contributed by atoms with Gasteiger partial charge in [0.15, 0.2) is 11.5 Å². The van der Waals surface area contributed by atoms with Crippen LogP contribution in [0.15, 0.2) is 24.3 Å². The Morgan fingerprint density at radius 3 is 2.86 bits per heavy atom. The molecule has 2 atom stereocenters. The minimum absolute atomic E-state index is 0.0288. The molecule has 122 valence electrons. The first-order chi connectivity index (χ1) is 10.6. The van der Waals surface area contributed by atoms with Gasteiger partial charge in [0.05, 0.1) is 12.6 Å². The summed E-state index contributed by atoms with van der Waals surface area (Å²) in [5.41, 5.74) is 0. The second-order valence-corrected chi connectivity index (χ2v) is 5.75. The molecular formula is C17H26N2O3. The average molecular weight is 306 g/mol. The number of carbonyl (C=O) groups is 1. The Morgan fingerprint density at radius 1 is 1.41 bits per heavy atom. The summed E-state index contributed by atoms with van der Waals surface area (Å²) in [5, 5.41) is 2.95. The molecule has 1 aromatic rings. The van der Waals surface area contributed by atoms with E-state index in [1.54, 1.807) is 0 Å². The van der Waals surface area contributed by atoms with Crippen molar-refractivity contribution in [2.24, 2.45) is 0 Å². The van der Waals surface area contributed by atoms with Gasteiger partial charge in [0.1, 0.15) is 12.7 Å². The molecule has 5 nitrogen and oxygen atoms in total. The first kappa shape index (κ1) is 16.6. The number of fused-ring (bicyclic) bond motifs is 1. The van der Waals surface area contributed by atoms with Crippen LogP contribution in [-0.4, -0.2) is 49.7 Å². The molecule has 0 spiro atoms. The van der Waals surface area contributed by atoms with E-state index in [9.17, 15) is 4.79 Å². The lowest BCUT2D eigenvalue weighted by molar-refractivity contribution is -0.125. The molecule has 2 rings (SSSR count). The summed E-state index contributed by atoms with van der Waals surface area (Å²) < 4.78 is 11.5. The van der Waals surface area contributed by atoms with Gasteiger partial charge in [-0.05, 0) is 39.1 Å². The largest absolute Gasteiger partial charge is 0.486 e. The molecule has 1 aliphatic heterocycles. The van der Waals surface area contributed by atoms with Crippen LogP contribution in [0.5, 0.6) is 11.5 Å². The third-order valence-corrected chi connectivity index (χ3v) is 3.98. The van der Waals surface area contributed by atoms with Crippen molar-refractivity contribution in [3.63, 3.8) is 0 Å². The van der Waals surface area contributed by atoms with Gasteiger partial charge < -0.3 is 14.8 Å². The normalized spacial score (nSPS) is 18.1. The van der Waals surface area contributed by atoms with E-state index in [1.807, 2.05) is 38.2 Å². The number of nitrogens with one attached hydrogen (secondary N) is 1. The van der Waals surface area contributed by atoms with Gasteiger partial charge in [-0.1, -0.05) is 25.5 Å². The maximum Gasteiger partial charge on any atom is 0.237 e. The van der Waals surface area contributed by atoms with Crippen LogP contribution in [0.2, 0.25) is 0 Å². The van der Waals surface area contributed by atoms with Gasteiger partial charge in [-0.15, -0.1) is 0 Å². The lowest BCUT2D eigenvalue weighted by atomic mass is 10.2. The predicted octanol–water partition coefficient (Wildman–Crippen LogP) is 2.06. The molecular weight excluding hydrogens is 280 g/mol. The van der Waals surface area contributed by atoms with Gasteiger partial charge in [-0.2, -0.15) is 0 Å². The summed E-state index contributed by atoms with van der Waals surface area (Å²) >= 11 is 0. The number of nitrogens with zero attached hydrogens (tertiary/aromatic N) is 1. The molecule has 0 aromatic heterocycles. The summed E-state index contributed by atoms with van der Waals surface area (Å²) in [4.78, 5) is 14.3. The van der Waals surface area contributed by atoms with E-state index in [2.05, 4.69) is 17.1 Å². The number of unbranched alkanes of at least 4 members (excludes halogenated alkanes) is 1. The van der Waals surface area contributed by atoms with Gasteiger partial charge in [-0.25, -0.2) is 0 Å². The molecule has 0 fully saturated rings. The number of benzene rings is 1. The highest BCUT2D eigenvalue weighted by molar-refractivity contribution is 5.81. The molecule has 1 aliphatic rings. The van der Waals surface area contributed by atoms with Crippen LogP contribution in [-0.2, 0) is 4.79 Å². The average Bonchev–Trinajstić information content (AvgIpc) is 2.56. The van der Waals surface area contributed by atoms with Crippen molar-refractivity contribution in [1.29, 1.82) is 0 Å². The standard InChI is InChI=1S/C17H26N2O3/c1-4-5-10-19(3)13(2)17(20)18-11-14-12-21-15-8-6-7-9-16(15)22-14/h6-9,13-14H,4-5,10-12H2,1-3H3,(H,18,20). The maximum atomic E-state index is 12.2. The molecule has 0 saturated heterocycles. The van der Waals surface area contributed by atoms with Crippen molar-refractivity contribution in [3.05, 3.63) is 24.3 Å². The van der Waals surface area contributed by atoms with Crippen LogP contribution in [0.3, 0.4) is 0 Å². The lowest BCUT2D eigenvalue weighted by Gasteiger charge is -2.28. The zero-order chi connectivity index (χ0) is 15.9. The molecule has 1 aromatic carbocycles. The summed E-state index contributed by atoms with van der Waals surface area (Å²) in [6, 6.07) is 7.45. The van der Waals surface area contributed by atoms with E-state index in [1.165, 1.54) is 0 Å². The zero-order valence-corrected chi connectivity index (χ0v) is 13.7. The molecule has 0 radical (unpaired) electrons. The summed E-state index contributed by atoms with van der Waals surface area (Å²) in [6.07, 6.45) is 2.09. The second kappa shape index (κ2) is 8.03. The Morgan fingerprint density at radius 2 is 2.14 bits per heavy atom. The number of amides is 1. The highest BCUT2D eigenvalue weighted by atomic mass is 16.6. The van der Waals surface area contributed by atoms with Gasteiger partial charge in [0.25, 0.3) is 0 Å². The molecule has 0 bridgehead atoms. The highest BCUT2D eigenvalue weighted by Crippen LogP contribution is 2.30. The first-order valence-corrected chi connectivity index (χ1v) is 7.98. The topological polar surface area (TPSA) is 50.8 Å². The minimum atomic E-state index is -0.146. The van der Waals surface area contributed by atoms with Crippen molar-refractivity contribution in [2.75, 3.05) is 26.7 Å². The zero-order valence-electron chi connectivity index (χ0n) is 13.7. The lowest BCUT2D eigenvalue weighted by Crippen LogP contribution is -2.48. The maximum absolute atomic E-state index is 12.2. The van der Waals surface area contributed by atoms with Gasteiger partial charge in [0.2, 0.25) is 5.91 Å². The predicted molar refractivity (Wildman–Crippen MR) is 86.4 cm³/mol. The van der Waals surface area contributed by atoms with Crippen LogP contribution in [0.4, 0.5) is 0 Å². The molecule has 22 heavy (non-hydrogen) atoms. The van der Waals surface area contributed by atoms with Crippen molar-refractivity contribution < 1.29 is 14.3 Å². The Hall–Kier alpha value is -1.75. The van der Waals surface area contributed by atoms with E-state index in [0.29, 0.717) is 13.2 Å². The SMILES string of the molecule is CCCCN(C)C(C)C(=O)NCC1COc2ccccc2O1. The minimum Gasteiger partial charge on any atom is -0.486 e. The molecule has 0 aliphatic carbocycles. The number of ether oxygens (including phenoxy) is 2. The third-order valence-electron chi connectivity index (χ3n) is 3.98. The quantitative estimate of drug-likeness (QED) is 0.838. The fraction of sp³-hybridized carbons (Fsp3) is 0.588. The van der Waals surface area contributed by atoms with Gasteiger partial charge >= 0.3 is 0 Å². The van der Waals surface area contributed by atoms with Crippen LogP contribution in [0, 0.1) is 0 Å². The molecule has 0 saturated carbocycles. The number of carbonyl (C=O) groups excluding carboxylic acids is 1. The van der Waals surface area contributed by atoms with Crippen LogP contribution in [0.1, 0.15) is 26.7 Å². The summed E-state index contributed by atoms with van der Waals surface area (Å²) in [5.74, 6) is 1.53. The number of hydrogen-bond acceptors (Lipinski definition) is 4. The number of hydrogen-bond donors (Lipinski definition) is 1. The molecule has 2 unspecified atom stereocenters. The van der Waals surface area contributed by atoms with Gasteiger partial charge in [-0.3, -0.25) is 9.69 Å². The fourth-order valence-corrected chi connectivity index (χ4v) is 2.33. The molecule has 1 amide bonds. The molecule has 1 heterocycles. The van der Waals surface area contributed by atoms with Crippen molar-refractivity contribution in [1.82, 2.24) is 10.2 Å². The van der Waals surface area contributed by atoms with E-state index in [0.717, 1.165) is 30.9 Å². The Bertz CT molecular complexity index is 493. The van der Waals surface area contributed by atoms with Crippen LogP contribution in [0.25, 0.3) is 0 Å². The Balaban J connectivity index is 1.77. The number of rotatable bonds is 7. The van der Waals surface area contributed by atoms with Crippen molar-refractivity contribution >= 4 is 5.91 Å².